The predicted molar refractivity (Wildman–Crippen MR) is 95.6 cm³/mol. The van der Waals surface area contributed by atoms with Crippen molar-refractivity contribution in [2.24, 2.45) is 0 Å². The molecule has 0 radical (unpaired) electrons. The van der Waals surface area contributed by atoms with E-state index in [2.05, 4.69) is 5.32 Å². The summed E-state index contributed by atoms with van der Waals surface area (Å²) < 4.78 is 24.0. The van der Waals surface area contributed by atoms with Gasteiger partial charge in [0.1, 0.15) is 0 Å². The second-order valence-corrected chi connectivity index (χ2v) is 8.86. The lowest BCUT2D eigenvalue weighted by molar-refractivity contribution is -0.121. The summed E-state index contributed by atoms with van der Waals surface area (Å²) in [7, 11) is -3.17. The molecule has 2 rings (SSSR count). The highest BCUT2D eigenvalue weighted by Gasteiger charge is 2.21. The van der Waals surface area contributed by atoms with E-state index in [1.807, 2.05) is 18.2 Å². The van der Waals surface area contributed by atoms with Gasteiger partial charge in [0.05, 0.1) is 11.5 Å². The quantitative estimate of drug-likeness (QED) is 0.669. The molecule has 8 heteroatoms. The molecule has 0 aromatic heterocycles. The fourth-order valence-electron chi connectivity index (χ4n) is 2.37. The molecule has 1 saturated heterocycles. The summed E-state index contributed by atoms with van der Waals surface area (Å²) >= 11 is 1.27. The van der Waals surface area contributed by atoms with Crippen LogP contribution in [0.4, 0.5) is 4.79 Å². The summed E-state index contributed by atoms with van der Waals surface area (Å²) in [5, 5.41) is 2.73. The Balaban J connectivity index is 1.61. The van der Waals surface area contributed by atoms with E-state index in [0.717, 1.165) is 11.3 Å². The number of carbonyl (C=O) groups is 2. The zero-order valence-corrected chi connectivity index (χ0v) is 15.1. The maximum absolute atomic E-state index is 12.0. The highest BCUT2D eigenvalue weighted by molar-refractivity contribution is 8.13. The molecule has 1 heterocycles. The molecule has 2 amide bonds. The first-order valence-corrected chi connectivity index (χ1v) is 10.7. The molecule has 0 aliphatic carbocycles. The van der Waals surface area contributed by atoms with Crippen LogP contribution in [0, 0.1) is 0 Å². The van der Waals surface area contributed by atoms with Crippen molar-refractivity contribution >= 4 is 32.7 Å². The Morgan fingerprint density at radius 1 is 1.25 bits per heavy atom. The molecule has 0 bridgehead atoms. The molecule has 0 unspecified atom stereocenters. The summed E-state index contributed by atoms with van der Waals surface area (Å²) in [5.41, 5.74) is 0.773. The second-order valence-electron chi connectivity index (χ2n) is 5.63. The van der Waals surface area contributed by atoms with Crippen molar-refractivity contribution < 1.29 is 18.0 Å². The molecule has 6 nitrogen and oxygen atoms in total. The Bertz CT molecular complexity index is 662. The van der Waals surface area contributed by atoms with Gasteiger partial charge in [0.25, 0.3) is 5.24 Å². The van der Waals surface area contributed by atoms with Crippen LogP contribution in [0.15, 0.2) is 30.3 Å². The largest absolute Gasteiger partial charge is 0.356 e. The van der Waals surface area contributed by atoms with Gasteiger partial charge in [-0.15, -0.1) is 0 Å². The number of carbonyl (C=O) groups excluding carboxylic acids is 2. The van der Waals surface area contributed by atoms with E-state index >= 15 is 0 Å². The van der Waals surface area contributed by atoms with E-state index in [1.54, 1.807) is 17.0 Å². The molecule has 1 N–H and O–H groups in total. The zero-order chi connectivity index (χ0) is 17.4. The van der Waals surface area contributed by atoms with Gasteiger partial charge in [-0.25, -0.2) is 8.42 Å². The molecule has 1 aromatic rings. The number of thioether (sulfide) groups is 1. The Labute approximate surface area is 146 Å². The predicted octanol–water partition coefficient (Wildman–Crippen LogP) is 1.67. The molecule has 0 atom stereocenters. The summed E-state index contributed by atoms with van der Waals surface area (Å²) in [6.45, 7) is 1.44. The minimum atomic E-state index is -3.17. The smallest absolute Gasteiger partial charge is 0.281 e. The third-order valence-corrected chi connectivity index (χ3v) is 6.21. The molecule has 0 spiro atoms. The molecule has 0 saturated carbocycles. The van der Waals surface area contributed by atoms with Crippen LogP contribution in [0.3, 0.4) is 0 Å². The van der Waals surface area contributed by atoms with Crippen molar-refractivity contribution in [3.63, 3.8) is 0 Å². The van der Waals surface area contributed by atoms with Gasteiger partial charge < -0.3 is 10.2 Å². The van der Waals surface area contributed by atoms with Gasteiger partial charge >= 0.3 is 0 Å². The number of benzene rings is 1. The van der Waals surface area contributed by atoms with Crippen LogP contribution in [0.1, 0.15) is 18.4 Å². The van der Waals surface area contributed by atoms with E-state index < -0.39 is 9.84 Å². The molecule has 1 aromatic carbocycles. The van der Waals surface area contributed by atoms with Gasteiger partial charge in [0.15, 0.2) is 9.84 Å². The average Bonchev–Trinajstić information content (AvgIpc) is 2.95. The Morgan fingerprint density at radius 2 is 2.00 bits per heavy atom. The Kier molecular flexibility index (Phi) is 7.11. The monoisotopic (exact) mass is 370 g/mol. The molecule has 24 heavy (non-hydrogen) atoms. The topological polar surface area (TPSA) is 83.6 Å². The maximum Gasteiger partial charge on any atom is 0.281 e. The van der Waals surface area contributed by atoms with Crippen LogP contribution in [0.5, 0.6) is 0 Å². The maximum atomic E-state index is 12.0. The molecule has 1 aliphatic rings. The van der Waals surface area contributed by atoms with Gasteiger partial charge in [0, 0.05) is 31.8 Å². The van der Waals surface area contributed by atoms with Gasteiger partial charge in [-0.05, 0) is 12.0 Å². The van der Waals surface area contributed by atoms with E-state index in [0.29, 0.717) is 26.1 Å². The van der Waals surface area contributed by atoms with Crippen molar-refractivity contribution in [2.45, 2.75) is 18.6 Å². The number of nitrogens with one attached hydrogen (secondary N) is 1. The van der Waals surface area contributed by atoms with E-state index in [9.17, 15) is 18.0 Å². The number of sulfone groups is 1. The third kappa shape index (κ3) is 6.52. The van der Waals surface area contributed by atoms with Crippen LogP contribution in [0.2, 0.25) is 0 Å². The van der Waals surface area contributed by atoms with Gasteiger partial charge in [-0.1, -0.05) is 42.1 Å². The highest BCUT2D eigenvalue weighted by atomic mass is 32.2. The van der Waals surface area contributed by atoms with Crippen LogP contribution >= 0.6 is 11.8 Å². The Morgan fingerprint density at radius 3 is 2.67 bits per heavy atom. The van der Waals surface area contributed by atoms with Crippen LogP contribution in [-0.4, -0.2) is 55.6 Å². The van der Waals surface area contributed by atoms with Crippen molar-refractivity contribution in [2.75, 3.05) is 31.1 Å². The summed E-state index contributed by atoms with van der Waals surface area (Å²) in [5.74, 6) is 0.694. The molecular weight excluding hydrogens is 348 g/mol. The highest BCUT2D eigenvalue weighted by Crippen LogP contribution is 2.16. The molecule has 1 aliphatic heterocycles. The van der Waals surface area contributed by atoms with Crippen molar-refractivity contribution in [1.82, 2.24) is 10.2 Å². The Hall–Kier alpha value is -1.54. The van der Waals surface area contributed by atoms with Gasteiger partial charge in [-0.2, -0.15) is 0 Å². The minimum absolute atomic E-state index is 0.0230. The van der Waals surface area contributed by atoms with E-state index in [-0.39, 0.29) is 29.1 Å². The summed E-state index contributed by atoms with van der Waals surface area (Å²) in [6.07, 6.45) is 0.641. The first-order chi connectivity index (χ1) is 11.5. The van der Waals surface area contributed by atoms with Crippen LogP contribution in [-0.2, 0) is 20.4 Å². The fraction of sp³-hybridized carbons (Fsp3) is 0.500. The fourth-order valence-corrected chi connectivity index (χ4v) is 4.65. The van der Waals surface area contributed by atoms with Crippen molar-refractivity contribution in [3.8, 4) is 0 Å². The molecule has 1 fully saturated rings. The lowest BCUT2D eigenvalue weighted by atomic mass is 10.2. The minimum Gasteiger partial charge on any atom is -0.356 e. The molecule has 132 valence electrons. The number of amides is 2. The van der Waals surface area contributed by atoms with E-state index in [4.69, 9.17) is 0 Å². The lowest BCUT2D eigenvalue weighted by Gasteiger charge is -2.13. The third-order valence-electron chi connectivity index (χ3n) is 3.64. The number of hydrogen-bond acceptors (Lipinski definition) is 5. The zero-order valence-electron chi connectivity index (χ0n) is 13.4. The van der Waals surface area contributed by atoms with Crippen molar-refractivity contribution in [1.29, 1.82) is 0 Å². The number of rotatable bonds is 9. The second kappa shape index (κ2) is 9.08. The van der Waals surface area contributed by atoms with Gasteiger partial charge in [0.2, 0.25) is 5.91 Å². The first kappa shape index (κ1) is 18.8. The van der Waals surface area contributed by atoms with E-state index in [1.165, 1.54) is 11.8 Å². The SMILES string of the molecule is O=C(CCN1CCSC1=O)NCCCS(=O)(=O)Cc1ccccc1. The number of nitrogens with zero attached hydrogens (tertiary/aromatic N) is 1. The summed E-state index contributed by atoms with van der Waals surface area (Å²) in [6, 6.07) is 9.05. The standard InChI is InChI=1S/C16H22N2O4S2/c19-15(7-9-18-10-11-23-16(18)20)17-8-4-12-24(21,22)13-14-5-2-1-3-6-14/h1-3,5-6H,4,7-13H2,(H,17,19). The lowest BCUT2D eigenvalue weighted by Crippen LogP contribution is -2.31. The summed E-state index contributed by atoms with van der Waals surface area (Å²) in [4.78, 5) is 24.8. The first-order valence-electron chi connectivity index (χ1n) is 7.89. The van der Waals surface area contributed by atoms with Crippen LogP contribution < -0.4 is 5.32 Å². The molecular formula is C16H22N2O4S2. The average molecular weight is 370 g/mol. The van der Waals surface area contributed by atoms with Crippen molar-refractivity contribution in [3.05, 3.63) is 35.9 Å². The van der Waals surface area contributed by atoms with Crippen LogP contribution in [0.25, 0.3) is 0 Å². The van der Waals surface area contributed by atoms with Gasteiger partial charge in [-0.3, -0.25) is 9.59 Å². The number of hydrogen-bond donors (Lipinski definition) is 1. The normalized spacial score (nSPS) is 14.8.